The second-order valence-electron chi connectivity index (χ2n) is 5.90. The van der Waals surface area contributed by atoms with Crippen LogP contribution in [0, 0.1) is 13.8 Å². The van der Waals surface area contributed by atoms with E-state index in [1.54, 1.807) is 18.2 Å². The lowest BCUT2D eigenvalue weighted by Gasteiger charge is -2.08. The van der Waals surface area contributed by atoms with Crippen LogP contribution >= 0.6 is 0 Å². The third-order valence-electron chi connectivity index (χ3n) is 3.96. The summed E-state index contributed by atoms with van der Waals surface area (Å²) in [5.41, 5.74) is 15.4. The molecule has 0 aliphatic carbocycles. The molecule has 0 fully saturated rings. The number of rotatable bonds is 3. The van der Waals surface area contributed by atoms with Gasteiger partial charge in [-0.25, -0.2) is 4.79 Å². The third kappa shape index (κ3) is 3.58. The van der Waals surface area contributed by atoms with Gasteiger partial charge in [0.15, 0.2) is 0 Å². The summed E-state index contributed by atoms with van der Waals surface area (Å²) in [5.74, 6) is 0. The number of fused-ring (bicyclic) bond motifs is 1. The average Bonchev–Trinajstić information content (AvgIpc) is 2.54. The number of benzene rings is 3. The van der Waals surface area contributed by atoms with Crippen LogP contribution in [0.25, 0.3) is 10.8 Å². The summed E-state index contributed by atoms with van der Waals surface area (Å²) < 4.78 is 0. The maximum atomic E-state index is 11.1. The topological polar surface area (TPSA) is 106 Å². The quantitative estimate of drug-likeness (QED) is 0.466. The van der Waals surface area contributed by atoms with Crippen LogP contribution < -0.4 is 16.8 Å². The highest BCUT2D eigenvalue weighted by Crippen LogP contribution is 2.31. The van der Waals surface area contributed by atoms with Gasteiger partial charge in [-0.2, -0.15) is 5.11 Å². The summed E-state index contributed by atoms with van der Waals surface area (Å²) in [7, 11) is 0. The SMILES string of the molecule is Cc1cc(N=Nc2ccc(N)cc2NC(N)=O)cc2c(C)cccc12. The molecule has 25 heavy (non-hydrogen) atoms. The maximum Gasteiger partial charge on any atom is 0.316 e. The number of carbonyl (C=O) groups excluding carboxylic acids is 1. The van der Waals surface area contributed by atoms with Crippen molar-refractivity contribution in [2.75, 3.05) is 11.1 Å². The van der Waals surface area contributed by atoms with Crippen molar-refractivity contribution in [1.82, 2.24) is 0 Å². The lowest BCUT2D eigenvalue weighted by atomic mass is 10.0. The van der Waals surface area contributed by atoms with Crippen molar-refractivity contribution in [3.63, 3.8) is 0 Å². The van der Waals surface area contributed by atoms with E-state index < -0.39 is 6.03 Å². The number of hydrogen-bond acceptors (Lipinski definition) is 4. The van der Waals surface area contributed by atoms with E-state index in [0.29, 0.717) is 17.1 Å². The zero-order valence-electron chi connectivity index (χ0n) is 14.1. The molecule has 0 aromatic heterocycles. The zero-order valence-corrected chi connectivity index (χ0v) is 14.1. The van der Waals surface area contributed by atoms with Crippen LogP contribution in [0.4, 0.5) is 27.5 Å². The molecule has 3 aromatic rings. The van der Waals surface area contributed by atoms with Gasteiger partial charge in [0, 0.05) is 5.69 Å². The van der Waals surface area contributed by atoms with E-state index in [0.717, 1.165) is 16.6 Å². The monoisotopic (exact) mass is 333 g/mol. The number of anilines is 2. The van der Waals surface area contributed by atoms with Crippen molar-refractivity contribution in [1.29, 1.82) is 0 Å². The molecular formula is C19H19N5O. The summed E-state index contributed by atoms with van der Waals surface area (Å²) in [5, 5.41) is 13.4. The Kier molecular flexibility index (Phi) is 4.35. The van der Waals surface area contributed by atoms with Crippen LogP contribution in [0.5, 0.6) is 0 Å². The molecule has 3 rings (SSSR count). The van der Waals surface area contributed by atoms with Gasteiger partial charge in [-0.1, -0.05) is 18.2 Å². The summed E-state index contributed by atoms with van der Waals surface area (Å²) in [4.78, 5) is 11.1. The van der Waals surface area contributed by atoms with Gasteiger partial charge in [-0.05, 0) is 66.1 Å². The van der Waals surface area contributed by atoms with Gasteiger partial charge in [0.1, 0.15) is 5.69 Å². The number of aryl methyl sites for hydroxylation is 2. The minimum Gasteiger partial charge on any atom is -0.399 e. The van der Waals surface area contributed by atoms with Crippen LogP contribution in [0.3, 0.4) is 0 Å². The third-order valence-corrected chi connectivity index (χ3v) is 3.96. The molecule has 6 heteroatoms. The molecule has 0 saturated carbocycles. The Balaban J connectivity index is 2.01. The highest BCUT2D eigenvalue weighted by molar-refractivity contribution is 5.92. The highest BCUT2D eigenvalue weighted by atomic mass is 16.2. The molecule has 3 aromatic carbocycles. The number of carbonyl (C=O) groups is 1. The Morgan fingerprint density at radius 2 is 1.76 bits per heavy atom. The summed E-state index contributed by atoms with van der Waals surface area (Å²) in [6.07, 6.45) is 0. The van der Waals surface area contributed by atoms with E-state index >= 15 is 0 Å². The number of azo groups is 1. The first-order valence-electron chi connectivity index (χ1n) is 7.82. The van der Waals surface area contributed by atoms with Gasteiger partial charge in [0.25, 0.3) is 0 Å². The second kappa shape index (κ2) is 6.60. The molecule has 0 aliphatic rings. The zero-order chi connectivity index (χ0) is 18.0. The van der Waals surface area contributed by atoms with Gasteiger partial charge in [-0.15, -0.1) is 5.11 Å². The smallest absolute Gasteiger partial charge is 0.316 e. The molecule has 0 atom stereocenters. The molecule has 0 aliphatic heterocycles. The first kappa shape index (κ1) is 16.4. The van der Waals surface area contributed by atoms with Crippen molar-refractivity contribution in [2.24, 2.45) is 16.0 Å². The first-order valence-corrected chi connectivity index (χ1v) is 7.82. The number of amides is 2. The fourth-order valence-electron chi connectivity index (χ4n) is 2.75. The number of nitrogens with one attached hydrogen (secondary N) is 1. The van der Waals surface area contributed by atoms with Crippen LogP contribution in [0.15, 0.2) is 58.8 Å². The van der Waals surface area contributed by atoms with Gasteiger partial charge in [0.05, 0.1) is 11.4 Å². The molecule has 2 amide bonds. The molecular weight excluding hydrogens is 314 g/mol. The molecule has 126 valence electrons. The molecule has 0 bridgehead atoms. The van der Waals surface area contributed by atoms with Crippen LogP contribution in [-0.2, 0) is 0 Å². The van der Waals surface area contributed by atoms with E-state index in [2.05, 4.69) is 34.6 Å². The number of nitrogen functional groups attached to an aromatic ring is 1. The normalized spacial score (nSPS) is 11.1. The van der Waals surface area contributed by atoms with Crippen molar-refractivity contribution >= 4 is 39.6 Å². The minimum absolute atomic E-state index is 0.421. The molecule has 5 N–H and O–H groups in total. The fraction of sp³-hybridized carbons (Fsp3) is 0.105. The van der Waals surface area contributed by atoms with E-state index in [9.17, 15) is 4.79 Å². The van der Waals surface area contributed by atoms with E-state index in [-0.39, 0.29) is 0 Å². The second-order valence-corrected chi connectivity index (χ2v) is 5.90. The van der Waals surface area contributed by atoms with Crippen molar-refractivity contribution in [2.45, 2.75) is 13.8 Å². The molecule has 0 saturated heterocycles. The van der Waals surface area contributed by atoms with Crippen LogP contribution in [0.2, 0.25) is 0 Å². The number of hydrogen-bond donors (Lipinski definition) is 3. The molecule has 0 radical (unpaired) electrons. The standard InChI is InChI=1S/C19H19N5O/c1-11-4-3-5-15-12(2)8-14(10-16(11)15)23-24-17-7-6-13(20)9-18(17)22-19(21)25/h3-10H,20H2,1-2H3,(H3,21,22,25). The summed E-state index contributed by atoms with van der Waals surface area (Å²) in [6.45, 7) is 4.11. The maximum absolute atomic E-state index is 11.1. The summed E-state index contributed by atoms with van der Waals surface area (Å²) >= 11 is 0. The highest BCUT2D eigenvalue weighted by Gasteiger charge is 2.06. The van der Waals surface area contributed by atoms with E-state index in [1.165, 1.54) is 10.9 Å². The Labute approximate surface area is 145 Å². The van der Waals surface area contributed by atoms with Crippen molar-refractivity contribution in [3.05, 3.63) is 59.7 Å². The van der Waals surface area contributed by atoms with Crippen LogP contribution in [-0.4, -0.2) is 6.03 Å². The molecule has 0 unspecified atom stereocenters. The molecule has 6 nitrogen and oxygen atoms in total. The lowest BCUT2D eigenvalue weighted by molar-refractivity contribution is 0.259. The first-order chi connectivity index (χ1) is 11.9. The Bertz CT molecular complexity index is 995. The van der Waals surface area contributed by atoms with Crippen molar-refractivity contribution < 1.29 is 4.79 Å². The van der Waals surface area contributed by atoms with Crippen molar-refractivity contribution in [3.8, 4) is 0 Å². The van der Waals surface area contributed by atoms with Gasteiger partial charge >= 0.3 is 6.03 Å². The Morgan fingerprint density at radius 3 is 2.52 bits per heavy atom. The number of urea groups is 1. The Hall–Kier alpha value is -3.41. The lowest BCUT2D eigenvalue weighted by Crippen LogP contribution is -2.19. The van der Waals surface area contributed by atoms with E-state index in [4.69, 9.17) is 11.5 Å². The van der Waals surface area contributed by atoms with Gasteiger partial charge in [-0.3, -0.25) is 0 Å². The molecule has 0 spiro atoms. The Morgan fingerprint density at radius 1 is 0.960 bits per heavy atom. The average molecular weight is 333 g/mol. The number of primary amides is 1. The van der Waals surface area contributed by atoms with Crippen LogP contribution in [0.1, 0.15) is 11.1 Å². The van der Waals surface area contributed by atoms with E-state index in [1.807, 2.05) is 25.1 Å². The summed E-state index contributed by atoms with van der Waals surface area (Å²) in [6, 6.07) is 14.5. The minimum atomic E-state index is -0.681. The number of nitrogens with zero attached hydrogens (tertiary/aromatic N) is 2. The van der Waals surface area contributed by atoms with Gasteiger partial charge in [0.2, 0.25) is 0 Å². The largest absolute Gasteiger partial charge is 0.399 e. The predicted octanol–water partition coefficient (Wildman–Crippen LogP) is 4.94. The van der Waals surface area contributed by atoms with Gasteiger partial charge < -0.3 is 16.8 Å². The number of nitrogens with two attached hydrogens (primary N) is 2. The fourth-order valence-corrected chi connectivity index (χ4v) is 2.75. The predicted molar refractivity (Wildman–Crippen MR) is 102 cm³/mol. The molecule has 0 heterocycles.